The summed E-state index contributed by atoms with van der Waals surface area (Å²) in [6.45, 7) is 0. The number of halogens is 1. The lowest BCUT2D eigenvalue weighted by Gasteiger charge is -2.45. The second-order valence-corrected chi connectivity index (χ2v) is 10.6. The molecular weight excluding hydrogens is 512 g/mol. The Hall–Kier alpha value is -4.42. The molecule has 1 fully saturated rings. The molecule has 4 aromatic carbocycles. The Kier molecular flexibility index (Phi) is 5.35. The van der Waals surface area contributed by atoms with Crippen LogP contribution in [0.3, 0.4) is 0 Å². The monoisotopic (exact) mass is 534 g/mol. The maximum Gasteiger partial charge on any atom is 0.255 e. The van der Waals surface area contributed by atoms with E-state index in [0.29, 0.717) is 27.7 Å². The van der Waals surface area contributed by atoms with Gasteiger partial charge in [0.1, 0.15) is 5.75 Å². The number of amides is 3. The van der Waals surface area contributed by atoms with Gasteiger partial charge in [-0.3, -0.25) is 14.4 Å². The average Bonchev–Trinajstić information content (AvgIpc) is 3.23. The third-order valence-electron chi connectivity index (χ3n) is 8.22. The van der Waals surface area contributed by atoms with E-state index < -0.39 is 17.7 Å². The normalized spacial score (nSPS) is 22.3. The summed E-state index contributed by atoms with van der Waals surface area (Å²) in [6.07, 6.45) is 0. The second kappa shape index (κ2) is 8.82. The molecule has 8 rings (SSSR count). The number of benzene rings is 4. The van der Waals surface area contributed by atoms with Gasteiger partial charge in [0.25, 0.3) is 5.91 Å². The molecule has 4 aliphatic rings. The van der Waals surface area contributed by atoms with Crippen LogP contribution in [0.25, 0.3) is 0 Å². The first-order valence-corrected chi connectivity index (χ1v) is 13.2. The smallest absolute Gasteiger partial charge is 0.255 e. The van der Waals surface area contributed by atoms with Crippen molar-refractivity contribution in [3.05, 3.63) is 124 Å². The minimum atomic E-state index is -0.486. The van der Waals surface area contributed by atoms with E-state index in [1.165, 1.54) is 12.0 Å². The number of hydrogen-bond donors (Lipinski definition) is 1. The van der Waals surface area contributed by atoms with E-state index in [9.17, 15) is 14.4 Å². The molecule has 0 saturated carbocycles. The molecule has 1 saturated heterocycles. The van der Waals surface area contributed by atoms with Crippen LogP contribution in [0.1, 0.15) is 44.4 Å². The predicted molar refractivity (Wildman–Crippen MR) is 148 cm³/mol. The number of nitrogens with one attached hydrogen (secondary N) is 1. The highest BCUT2D eigenvalue weighted by atomic mass is 35.5. The molecule has 7 heteroatoms. The second-order valence-electron chi connectivity index (χ2n) is 10.1. The lowest BCUT2D eigenvalue weighted by atomic mass is 9.55. The molecule has 0 aromatic heterocycles. The first-order valence-electron chi connectivity index (χ1n) is 12.8. The van der Waals surface area contributed by atoms with Crippen molar-refractivity contribution >= 4 is 40.7 Å². The summed E-state index contributed by atoms with van der Waals surface area (Å²) in [7, 11) is 1.51. The number of ether oxygens (including phenoxy) is 1. The van der Waals surface area contributed by atoms with Crippen LogP contribution >= 0.6 is 11.6 Å². The van der Waals surface area contributed by atoms with Crippen LogP contribution in [0, 0.1) is 11.8 Å². The maximum atomic E-state index is 14.0. The molecule has 0 radical (unpaired) electrons. The van der Waals surface area contributed by atoms with Gasteiger partial charge < -0.3 is 10.1 Å². The maximum absolute atomic E-state index is 14.0. The Morgan fingerprint density at radius 1 is 0.769 bits per heavy atom. The molecule has 1 heterocycles. The Bertz CT molecular complexity index is 1580. The van der Waals surface area contributed by atoms with E-state index in [-0.39, 0.29) is 23.7 Å². The number of nitrogens with zero attached hydrogens (tertiary/aromatic N) is 1. The van der Waals surface area contributed by atoms with Crippen molar-refractivity contribution in [2.24, 2.45) is 11.8 Å². The fraction of sp³-hybridized carbons (Fsp3) is 0.156. The molecule has 2 bridgehead atoms. The zero-order valence-electron chi connectivity index (χ0n) is 20.9. The van der Waals surface area contributed by atoms with Gasteiger partial charge in [0.05, 0.1) is 30.3 Å². The molecule has 3 amide bonds. The molecule has 192 valence electrons. The standard InChI is InChI=1S/C32H23ClN2O4/c1-39-25-14-13-18(33)16-24(25)34-30(36)17-7-6-8-19(15-17)35-31(37)28-26-20-9-2-3-10-21(20)27(29(28)32(35)38)23-12-5-4-11-22(23)26/h2-16,26-29H,1H3,(H,34,36)/t26?,27?,28-,29+. The van der Waals surface area contributed by atoms with Gasteiger partial charge in [-0.25, -0.2) is 4.90 Å². The van der Waals surface area contributed by atoms with Crippen LogP contribution in [0.4, 0.5) is 11.4 Å². The molecule has 39 heavy (non-hydrogen) atoms. The Labute approximate surface area is 230 Å². The first kappa shape index (κ1) is 23.7. The quantitative estimate of drug-likeness (QED) is 0.326. The van der Waals surface area contributed by atoms with Gasteiger partial charge in [-0.2, -0.15) is 0 Å². The molecule has 6 nitrogen and oxygen atoms in total. The van der Waals surface area contributed by atoms with Crippen LogP contribution in [-0.4, -0.2) is 24.8 Å². The van der Waals surface area contributed by atoms with E-state index in [1.54, 1.807) is 42.5 Å². The van der Waals surface area contributed by atoms with Crippen molar-refractivity contribution in [1.29, 1.82) is 0 Å². The van der Waals surface area contributed by atoms with Gasteiger partial charge >= 0.3 is 0 Å². The highest BCUT2D eigenvalue weighted by molar-refractivity contribution is 6.31. The summed E-state index contributed by atoms with van der Waals surface area (Å²) >= 11 is 6.11. The molecule has 4 aromatic rings. The number of carbonyl (C=O) groups is 3. The van der Waals surface area contributed by atoms with Crippen molar-refractivity contribution in [3.8, 4) is 5.75 Å². The van der Waals surface area contributed by atoms with Crippen LogP contribution in [0.15, 0.2) is 91.0 Å². The molecule has 0 unspecified atom stereocenters. The Morgan fingerprint density at radius 2 is 1.33 bits per heavy atom. The SMILES string of the molecule is COc1ccc(Cl)cc1NC(=O)c1cccc(N2C(=O)[C@@H]3C4c5ccccc5C(c5ccccc54)[C@@H]3C2=O)c1. The summed E-state index contributed by atoms with van der Waals surface area (Å²) in [5.74, 6) is -1.73. The summed E-state index contributed by atoms with van der Waals surface area (Å²) in [4.78, 5) is 42.5. The van der Waals surface area contributed by atoms with Crippen LogP contribution in [0.5, 0.6) is 5.75 Å². The molecular formula is C32H23ClN2O4. The number of rotatable bonds is 4. The van der Waals surface area contributed by atoms with Crippen molar-refractivity contribution in [2.45, 2.75) is 11.8 Å². The Morgan fingerprint density at radius 3 is 1.87 bits per heavy atom. The molecule has 2 atom stereocenters. The highest BCUT2D eigenvalue weighted by Crippen LogP contribution is 2.61. The highest BCUT2D eigenvalue weighted by Gasteiger charge is 2.61. The average molecular weight is 535 g/mol. The summed E-state index contributed by atoms with van der Waals surface area (Å²) in [6, 6.07) is 27.8. The van der Waals surface area contributed by atoms with Crippen LogP contribution in [0.2, 0.25) is 5.02 Å². The summed E-state index contributed by atoms with van der Waals surface area (Å²) < 4.78 is 5.33. The minimum absolute atomic E-state index is 0.185. The van der Waals surface area contributed by atoms with E-state index in [0.717, 1.165) is 22.3 Å². The van der Waals surface area contributed by atoms with E-state index in [4.69, 9.17) is 16.3 Å². The van der Waals surface area contributed by atoms with Crippen molar-refractivity contribution in [2.75, 3.05) is 17.3 Å². The van der Waals surface area contributed by atoms with Gasteiger partial charge in [0.15, 0.2) is 0 Å². The van der Waals surface area contributed by atoms with E-state index >= 15 is 0 Å². The lowest BCUT2D eigenvalue weighted by Crippen LogP contribution is -2.41. The van der Waals surface area contributed by atoms with Crippen LogP contribution < -0.4 is 15.0 Å². The van der Waals surface area contributed by atoms with Gasteiger partial charge in [0.2, 0.25) is 11.8 Å². The fourth-order valence-electron chi connectivity index (χ4n) is 6.69. The number of carbonyl (C=O) groups excluding carboxylic acids is 3. The molecule has 3 aliphatic carbocycles. The molecule has 0 spiro atoms. The van der Waals surface area contributed by atoms with Gasteiger partial charge in [-0.05, 0) is 58.7 Å². The van der Waals surface area contributed by atoms with E-state index in [2.05, 4.69) is 29.6 Å². The summed E-state index contributed by atoms with van der Waals surface area (Å²) in [5, 5.41) is 3.27. The zero-order valence-corrected chi connectivity index (χ0v) is 21.7. The predicted octanol–water partition coefficient (Wildman–Crippen LogP) is 6.00. The minimum Gasteiger partial charge on any atom is -0.495 e. The first-order chi connectivity index (χ1) is 19.0. The number of anilines is 2. The van der Waals surface area contributed by atoms with Gasteiger partial charge in [-0.15, -0.1) is 0 Å². The van der Waals surface area contributed by atoms with Crippen molar-refractivity contribution in [1.82, 2.24) is 0 Å². The third kappa shape index (κ3) is 3.45. The molecule has 1 N–H and O–H groups in total. The fourth-order valence-corrected chi connectivity index (χ4v) is 6.86. The largest absolute Gasteiger partial charge is 0.495 e. The van der Waals surface area contributed by atoms with Crippen molar-refractivity contribution < 1.29 is 19.1 Å². The topological polar surface area (TPSA) is 75.7 Å². The van der Waals surface area contributed by atoms with Crippen LogP contribution in [-0.2, 0) is 9.59 Å². The number of hydrogen-bond acceptors (Lipinski definition) is 4. The third-order valence-corrected chi connectivity index (χ3v) is 8.46. The van der Waals surface area contributed by atoms with Crippen molar-refractivity contribution in [3.63, 3.8) is 0 Å². The molecule has 1 aliphatic heterocycles. The lowest BCUT2D eigenvalue weighted by molar-refractivity contribution is -0.122. The van der Waals surface area contributed by atoms with E-state index in [1.807, 2.05) is 24.3 Å². The number of methoxy groups -OCH3 is 1. The Balaban J connectivity index is 1.25. The van der Waals surface area contributed by atoms with Gasteiger partial charge in [0, 0.05) is 22.4 Å². The number of imide groups is 1. The summed E-state index contributed by atoms with van der Waals surface area (Å²) in [5.41, 5.74) is 5.59. The zero-order chi connectivity index (χ0) is 26.8. The van der Waals surface area contributed by atoms with Gasteiger partial charge in [-0.1, -0.05) is 66.2 Å².